The predicted molar refractivity (Wildman–Crippen MR) is 105 cm³/mol. The number of halogens is 1. The van der Waals surface area contributed by atoms with E-state index < -0.39 is 32.7 Å². The minimum Gasteiger partial charge on any atom is -0.347 e. The van der Waals surface area contributed by atoms with E-state index in [1.807, 2.05) is 19.0 Å². The number of rotatable bonds is 8. The Morgan fingerprint density at radius 2 is 1.75 bits per heavy atom. The van der Waals surface area contributed by atoms with Gasteiger partial charge in [-0.05, 0) is 49.8 Å². The minimum atomic E-state index is -3.90. The molecule has 0 saturated heterocycles. The average Bonchev–Trinajstić information content (AvgIpc) is 3.15. The molecule has 0 fully saturated rings. The molecule has 7 nitrogen and oxygen atoms in total. The zero-order valence-corrected chi connectivity index (χ0v) is 17.1. The lowest BCUT2D eigenvalue weighted by Gasteiger charge is -2.17. The number of carbonyl (C=O) groups is 2. The smallest absolute Gasteiger partial charge is 0.309 e. The normalized spacial score (nSPS) is 12.6. The van der Waals surface area contributed by atoms with Crippen LogP contribution in [0.1, 0.15) is 10.1 Å². The molecule has 1 aromatic carbocycles. The van der Waals surface area contributed by atoms with Gasteiger partial charge in [0.15, 0.2) is 9.84 Å². The highest BCUT2D eigenvalue weighted by atomic mass is 32.2. The maximum atomic E-state index is 13.1. The zero-order chi connectivity index (χ0) is 20.7. The molecule has 28 heavy (non-hydrogen) atoms. The van der Waals surface area contributed by atoms with Gasteiger partial charge in [-0.3, -0.25) is 9.59 Å². The number of nitrogens with zero attached hydrogens (tertiary/aromatic N) is 1. The molecular formula is C18H22FN3O4S2. The molecule has 2 rings (SSSR count). The lowest BCUT2D eigenvalue weighted by molar-refractivity contribution is -0.139. The lowest BCUT2D eigenvalue weighted by Crippen LogP contribution is -2.43. The molecule has 1 atom stereocenters. The Morgan fingerprint density at radius 3 is 2.32 bits per heavy atom. The Balaban J connectivity index is 2.11. The molecule has 152 valence electrons. The Morgan fingerprint density at radius 1 is 1.11 bits per heavy atom. The second-order valence-electron chi connectivity index (χ2n) is 6.27. The van der Waals surface area contributed by atoms with Crippen LogP contribution in [0.3, 0.4) is 0 Å². The minimum absolute atomic E-state index is 0.0583. The van der Waals surface area contributed by atoms with Crippen LogP contribution in [0.25, 0.3) is 0 Å². The number of thiophene rings is 1. The van der Waals surface area contributed by atoms with Crippen LogP contribution < -0.4 is 10.6 Å². The van der Waals surface area contributed by atoms with Gasteiger partial charge in [-0.2, -0.15) is 0 Å². The van der Waals surface area contributed by atoms with E-state index in [4.69, 9.17) is 0 Å². The molecule has 10 heteroatoms. The molecule has 1 aromatic heterocycles. The average molecular weight is 428 g/mol. The fraction of sp³-hybridized carbons (Fsp3) is 0.333. The van der Waals surface area contributed by atoms with Crippen molar-refractivity contribution in [3.8, 4) is 0 Å². The van der Waals surface area contributed by atoms with Crippen LogP contribution in [-0.4, -0.2) is 58.9 Å². The first-order valence-electron chi connectivity index (χ1n) is 8.45. The summed E-state index contributed by atoms with van der Waals surface area (Å²) in [6.07, 6.45) is 0. The third kappa shape index (κ3) is 5.85. The van der Waals surface area contributed by atoms with Crippen molar-refractivity contribution >= 4 is 33.0 Å². The number of amides is 2. The van der Waals surface area contributed by atoms with Gasteiger partial charge in [0, 0.05) is 24.5 Å². The molecule has 0 spiro atoms. The maximum absolute atomic E-state index is 13.1. The summed E-state index contributed by atoms with van der Waals surface area (Å²) in [5.74, 6) is -2.28. The van der Waals surface area contributed by atoms with Gasteiger partial charge in [0.2, 0.25) is 0 Å². The summed E-state index contributed by atoms with van der Waals surface area (Å²) in [6, 6.07) is 7.83. The summed E-state index contributed by atoms with van der Waals surface area (Å²) in [5.41, 5.74) is 0. The molecule has 2 aromatic rings. The molecule has 0 radical (unpaired) electrons. The molecular weight excluding hydrogens is 405 g/mol. The van der Waals surface area contributed by atoms with Gasteiger partial charge in [0.05, 0.1) is 4.90 Å². The van der Waals surface area contributed by atoms with Crippen molar-refractivity contribution in [2.45, 2.75) is 10.1 Å². The Hall–Kier alpha value is -2.30. The van der Waals surface area contributed by atoms with Crippen molar-refractivity contribution in [1.82, 2.24) is 15.5 Å². The highest BCUT2D eigenvalue weighted by Crippen LogP contribution is 2.31. The Kier molecular flexibility index (Phi) is 7.67. The number of carbonyl (C=O) groups excluding carboxylic acids is 2. The van der Waals surface area contributed by atoms with E-state index in [1.165, 1.54) is 23.5 Å². The van der Waals surface area contributed by atoms with Gasteiger partial charge in [-0.15, -0.1) is 11.3 Å². The number of benzene rings is 1. The molecule has 0 aliphatic carbocycles. The van der Waals surface area contributed by atoms with Crippen molar-refractivity contribution in [3.63, 3.8) is 0 Å². The molecule has 2 N–H and O–H groups in total. The topological polar surface area (TPSA) is 95.6 Å². The van der Waals surface area contributed by atoms with E-state index in [-0.39, 0.29) is 11.4 Å². The van der Waals surface area contributed by atoms with Crippen LogP contribution in [0.15, 0.2) is 46.7 Å². The SMILES string of the molecule is CN(C)CCNC(=O)C(=O)NC[C@@H](c1cccs1)S(=O)(=O)c1ccc(F)cc1. The molecule has 0 bridgehead atoms. The van der Waals surface area contributed by atoms with E-state index in [0.717, 1.165) is 12.1 Å². The van der Waals surface area contributed by atoms with Crippen LogP contribution in [0.4, 0.5) is 4.39 Å². The highest BCUT2D eigenvalue weighted by Gasteiger charge is 2.31. The lowest BCUT2D eigenvalue weighted by atomic mass is 10.3. The second kappa shape index (κ2) is 9.76. The zero-order valence-electron chi connectivity index (χ0n) is 15.5. The number of hydrogen-bond acceptors (Lipinski definition) is 6. The Bertz CT molecular complexity index is 897. The number of hydrogen-bond donors (Lipinski definition) is 2. The van der Waals surface area contributed by atoms with Gasteiger partial charge in [0.1, 0.15) is 11.1 Å². The summed E-state index contributed by atoms with van der Waals surface area (Å²) < 4.78 is 39.1. The third-order valence-corrected chi connectivity index (χ3v) is 7.11. The van der Waals surface area contributed by atoms with Crippen molar-refractivity contribution in [2.75, 3.05) is 33.7 Å². The fourth-order valence-electron chi connectivity index (χ4n) is 2.37. The quantitative estimate of drug-likeness (QED) is 0.488. The van der Waals surface area contributed by atoms with Crippen molar-refractivity contribution in [1.29, 1.82) is 0 Å². The monoisotopic (exact) mass is 427 g/mol. The summed E-state index contributed by atoms with van der Waals surface area (Å²) in [6.45, 7) is 0.581. The Labute approximate surface area is 167 Å². The molecule has 2 amide bonds. The first-order chi connectivity index (χ1) is 13.2. The molecule has 0 aliphatic rings. The summed E-state index contributed by atoms with van der Waals surface area (Å²) in [7, 11) is -0.237. The molecule has 0 saturated carbocycles. The van der Waals surface area contributed by atoms with Gasteiger partial charge in [-0.25, -0.2) is 12.8 Å². The summed E-state index contributed by atoms with van der Waals surface area (Å²) >= 11 is 1.22. The van der Waals surface area contributed by atoms with Crippen LogP contribution in [0, 0.1) is 5.82 Å². The van der Waals surface area contributed by atoms with E-state index in [9.17, 15) is 22.4 Å². The number of nitrogens with one attached hydrogen (secondary N) is 2. The molecule has 0 aliphatic heterocycles. The van der Waals surface area contributed by atoms with Gasteiger partial charge >= 0.3 is 11.8 Å². The summed E-state index contributed by atoms with van der Waals surface area (Å²) in [4.78, 5) is 26.2. The van der Waals surface area contributed by atoms with Crippen LogP contribution in [0.5, 0.6) is 0 Å². The van der Waals surface area contributed by atoms with Crippen molar-refractivity contribution in [2.24, 2.45) is 0 Å². The van der Waals surface area contributed by atoms with Crippen molar-refractivity contribution in [3.05, 3.63) is 52.5 Å². The highest BCUT2D eigenvalue weighted by molar-refractivity contribution is 7.91. The standard InChI is InChI=1S/C18H22FN3O4S2/c1-22(2)10-9-20-17(23)18(24)21-12-16(15-4-3-11-27-15)28(25,26)14-7-5-13(19)6-8-14/h3-8,11,16H,9-10,12H2,1-2H3,(H,20,23)(H,21,24)/t16-/m0/s1. The van der Waals surface area contributed by atoms with E-state index >= 15 is 0 Å². The van der Waals surface area contributed by atoms with Crippen molar-refractivity contribution < 1.29 is 22.4 Å². The van der Waals surface area contributed by atoms with E-state index in [1.54, 1.807) is 17.5 Å². The van der Waals surface area contributed by atoms with Crippen LogP contribution >= 0.6 is 11.3 Å². The fourth-order valence-corrected chi connectivity index (χ4v) is 5.15. The van der Waals surface area contributed by atoms with E-state index in [0.29, 0.717) is 18.0 Å². The van der Waals surface area contributed by atoms with E-state index in [2.05, 4.69) is 10.6 Å². The van der Waals surface area contributed by atoms with Gasteiger partial charge in [0.25, 0.3) is 0 Å². The number of likely N-dealkylation sites (N-methyl/N-ethyl adjacent to an activating group) is 1. The van der Waals surface area contributed by atoms with Gasteiger partial charge < -0.3 is 15.5 Å². The molecule has 0 unspecified atom stereocenters. The third-order valence-electron chi connectivity index (χ3n) is 3.88. The second-order valence-corrected chi connectivity index (χ2v) is 9.38. The first-order valence-corrected chi connectivity index (χ1v) is 10.9. The summed E-state index contributed by atoms with van der Waals surface area (Å²) in [5, 5.41) is 5.49. The van der Waals surface area contributed by atoms with Crippen LogP contribution in [-0.2, 0) is 19.4 Å². The van der Waals surface area contributed by atoms with Gasteiger partial charge in [-0.1, -0.05) is 6.07 Å². The predicted octanol–water partition coefficient (Wildman–Crippen LogP) is 1.20. The van der Waals surface area contributed by atoms with Crippen LogP contribution in [0.2, 0.25) is 0 Å². The number of sulfone groups is 1. The first kappa shape index (κ1) is 22.0. The molecule has 1 heterocycles. The largest absolute Gasteiger partial charge is 0.347 e. The maximum Gasteiger partial charge on any atom is 0.309 e.